The number of nitrogens with zero attached hydrogens (tertiary/aromatic N) is 6. The van der Waals surface area contributed by atoms with Gasteiger partial charge in [-0.1, -0.05) is 35.6 Å². The van der Waals surface area contributed by atoms with Crippen molar-refractivity contribution in [3.8, 4) is 11.0 Å². The van der Waals surface area contributed by atoms with Gasteiger partial charge in [0.15, 0.2) is 4.34 Å². The van der Waals surface area contributed by atoms with Gasteiger partial charge in [-0.15, -0.1) is 10.2 Å². The first-order valence-electron chi connectivity index (χ1n) is 10.6. The van der Waals surface area contributed by atoms with Crippen LogP contribution < -0.4 is 5.32 Å². The molecule has 1 aliphatic heterocycles. The average molecular weight is 520 g/mol. The molecule has 4 aromatic rings. The van der Waals surface area contributed by atoms with Crippen LogP contribution in [0.3, 0.4) is 0 Å². The predicted molar refractivity (Wildman–Crippen MR) is 138 cm³/mol. The minimum absolute atomic E-state index is 0.0587. The van der Waals surface area contributed by atoms with Gasteiger partial charge in [-0.2, -0.15) is 0 Å². The molecule has 0 fully saturated rings. The number of rotatable bonds is 7. The second kappa shape index (κ2) is 9.71. The molecule has 2 aromatic carbocycles. The zero-order valence-electron chi connectivity index (χ0n) is 18.7. The number of carbonyl (C=O) groups excluding carboxylic acids is 1. The number of allylic oxidation sites excluding steroid dienone is 1. The van der Waals surface area contributed by atoms with Crippen molar-refractivity contribution in [2.24, 2.45) is 4.99 Å². The number of hydrogen-bond acceptors (Lipinski definition) is 11. The number of hydrogen-bond donors (Lipinski definition) is 2. The maximum atomic E-state index is 12.4. The third-order valence-corrected chi connectivity index (χ3v) is 7.01. The number of non-ortho nitro benzene ring substituents is 1. The molecule has 0 saturated heterocycles. The van der Waals surface area contributed by atoms with Crippen molar-refractivity contribution in [1.82, 2.24) is 19.7 Å². The van der Waals surface area contributed by atoms with E-state index in [1.807, 2.05) is 24.3 Å². The van der Waals surface area contributed by atoms with Crippen LogP contribution in [-0.2, 0) is 4.79 Å². The van der Waals surface area contributed by atoms with Gasteiger partial charge in [0.2, 0.25) is 16.1 Å². The number of imidazole rings is 1. The molecule has 0 aliphatic carbocycles. The van der Waals surface area contributed by atoms with Gasteiger partial charge in [0.05, 0.1) is 17.2 Å². The van der Waals surface area contributed by atoms with E-state index >= 15 is 0 Å². The van der Waals surface area contributed by atoms with Crippen molar-refractivity contribution in [3.63, 3.8) is 0 Å². The quantitative estimate of drug-likeness (QED) is 0.202. The Kier molecular flexibility index (Phi) is 6.31. The summed E-state index contributed by atoms with van der Waals surface area (Å²) in [4.78, 5) is 31.6. The third kappa shape index (κ3) is 4.74. The van der Waals surface area contributed by atoms with E-state index in [1.54, 1.807) is 25.3 Å². The van der Waals surface area contributed by atoms with Crippen LogP contribution in [0.5, 0.6) is 5.88 Å². The molecule has 1 aliphatic rings. The number of aliphatic imine (C=N–C) groups is 1. The Morgan fingerprint density at radius 2 is 2.08 bits per heavy atom. The summed E-state index contributed by atoms with van der Waals surface area (Å²) in [6.45, 7) is 1.68. The van der Waals surface area contributed by atoms with Crippen LogP contribution in [0.4, 0.5) is 17.1 Å². The molecule has 2 N–H and O–H groups in total. The topological polar surface area (TPSA) is 148 Å². The van der Waals surface area contributed by atoms with Crippen molar-refractivity contribution in [2.75, 3.05) is 11.9 Å². The lowest BCUT2D eigenvalue weighted by Crippen LogP contribution is -2.10. The summed E-state index contributed by atoms with van der Waals surface area (Å²) < 4.78 is 1.86. The van der Waals surface area contributed by atoms with Crippen molar-refractivity contribution in [2.45, 2.75) is 11.3 Å². The van der Waals surface area contributed by atoms with Crippen LogP contribution in [0.25, 0.3) is 16.8 Å². The average Bonchev–Trinajstić information content (AvgIpc) is 3.56. The Labute approximate surface area is 212 Å². The summed E-state index contributed by atoms with van der Waals surface area (Å²) in [6.07, 6.45) is 3.49. The molecule has 11 nitrogen and oxygen atoms in total. The molecule has 13 heteroatoms. The third-order valence-electron chi connectivity index (χ3n) is 5.18. The van der Waals surface area contributed by atoms with Gasteiger partial charge in [-0.3, -0.25) is 19.9 Å². The highest BCUT2D eigenvalue weighted by atomic mass is 32.2. The number of fused-ring (bicyclic) bond motifs is 1. The van der Waals surface area contributed by atoms with Crippen LogP contribution in [-0.4, -0.2) is 47.7 Å². The fourth-order valence-corrected chi connectivity index (χ4v) is 5.26. The van der Waals surface area contributed by atoms with Gasteiger partial charge in [0, 0.05) is 35.2 Å². The molecule has 180 valence electrons. The number of carbonyl (C=O) groups is 1. The fourth-order valence-electron chi connectivity index (χ4n) is 3.54. The molecule has 0 amide bonds. The SMILES string of the molecule is Cc1nc(/C=C2\C=Nc3ccccc32)c(O)n1-c1nnc(SC(=O)CNc2cccc([N+](=O)[O-])c2)s1. The molecule has 0 unspecified atom stereocenters. The summed E-state index contributed by atoms with van der Waals surface area (Å²) in [5.74, 6) is 0.415. The van der Waals surface area contributed by atoms with E-state index < -0.39 is 4.92 Å². The van der Waals surface area contributed by atoms with E-state index in [-0.39, 0.29) is 23.2 Å². The normalized spacial score (nSPS) is 13.2. The lowest BCUT2D eigenvalue weighted by atomic mass is 10.1. The molecule has 0 radical (unpaired) electrons. The predicted octanol–water partition coefficient (Wildman–Crippen LogP) is 4.63. The number of para-hydroxylation sites is 1. The van der Waals surface area contributed by atoms with Gasteiger partial charge in [-0.25, -0.2) is 9.55 Å². The van der Waals surface area contributed by atoms with E-state index in [0.717, 1.165) is 39.9 Å². The number of nitro benzene ring substituents is 1. The minimum atomic E-state index is -0.500. The Hall–Kier alpha value is -4.36. The van der Waals surface area contributed by atoms with Crippen LogP contribution in [0.2, 0.25) is 0 Å². The zero-order chi connectivity index (χ0) is 25.2. The number of aryl methyl sites for hydroxylation is 1. The highest BCUT2D eigenvalue weighted by Gasteiger charge is 2.20. The van der Waals surface area contributed by atoms with Gasteiger partial charge in [-0.05, 0) is 36.9 Å². The maximum absolute atomic E-state index is 12.4. The first-order valence-corrected chi connectivity index (χ1v) is 12.2. The number of benzene rings is 2. The fraction of sp³-hybridized carbons (Fsp3) is 0.0870. The molecule has 0 spiro atoms. The molecule has 0 atom stereocenters. The number of thioether (sulfide) groups is 1. The Morgan fingerprint density at radius 1 is 1.25 bits per heavy atom. The number of aromatic hydroxyl groups is 1. The number of aromatic nitrogens is 4. The highest BCUT2D eigenvalue weighted by Crippen LogP contribution is 2.35. The van der Waals surface area contributed by atoms with Crippen molar-refractivity contribution < 1.29 is 14.8 Å². The van der Waals surface area contributed by atoms with Crippen LogP contribution in [0.1, 0.15) is 17.1 Å². The van der Waals surface area contributed by atoms with E-state index in [1.165, 1.54) is 22.8 Å². The summed E-state index contributed by atoms with van der Waals surface area (Å²) in [7, 11) is 0. The van der Waals surface area contributed by atoms with E-state index in [2.05, 4.69) is 25.5 Å². The highest BCUT2D eigenvalue weighted by molar-refractivity contribution is 8.15. The van der Waals surface area contributed by atoms with Crippen LogP contribution in [0.15, 0.2) is 57.9 Å². The molecule has 36 heavy (non-hydrogen) atoms. The summed E-state index contributed by atoms with van der Waals surface area (Å²) in [6, 6.07) is 13.6. The molecule has 0 saturated carbocycles. The van der Waals surface area contributed by atoms with Gasteiger partial charge >= 0.3 is 0 Å². The van der Waals surface area contributed by atoms with Gasteiger partial charge in [0.1, 0.15) is 11.5 Å². The Morgan fingerprint density at radius 3 is 2.92 bits per heavy atom. The second-order valence-electron chi connectivity index (χ2n) is 7.56. The molecule has 2 aromatic heterocycles. The molecule has 0 bridgehead atoms. The van der Waals surface area contributed by atoms with Crippen LogP contribution >= 0.6 is 23.1 Å². The van der Waals surface area contributed by atoms with E-state index in [4.69, 9.17) is 0 Å². The molecular formula is C23H17N7O4S2. The summed E-state index contributed by atoms with van der Waals surface area (Å²) in [5.41, 5.74) is 3.41. The summed E-state index contributed by atoms with van der Waals surface area (Å²) in [5, 5.41) is 32.9. The zero-order valence-corrected chi connectivity index (χ0v) is 20.3. The summed E-state index contributed by atoms with van der Waals surface area (Å²) >= 11 is 2.02. The first kappa shape index (κ1) is 23.4. The maximum Gasteiger partial charge on any atom is 0.271 e. The minimum Gasteiger partial charge on any atom is -0.493 e. The lowest BCUT2D eigenvalue weighted by Gasteiger charge is -2.04. The Bertz CT molecular complexity index is 1560. The van der Waals surface area contributed by atoms with E-state index in [0.29, 0.717) is 26.7 Å². The van der Waals surface area contributed by atoms with Gasteiger partial charge in [0.25, 0.3) is 5.69 Å². The molecule has 5 rings (SSSR count). The van der Waals surface area contributed by atoms with Gasteiger partial charge < -0.3 is 10.4 Å². The first-order chi connectivity index (χ1) is 17.4. The van der Waals surface area contributed by atoms with Crippen LogP contribution in [0, 0.1) is 17.0 Å². The molecular weight excluding hydrogens is 502 g/mol. The monoisotopic (exact) mass is 519 g/mol. The largest absolute Gasteiger partial charge is 0.493 e. The van der Waals surface area contributed by atoms with Crippen molar-refractivity contribution >= 4 is 63.1 Å². The van der Waals surface area contributed by atoms with E-state index in [9.17, 15) is 20.0 Å². The standard InChI is InChI=1S/C23H17N7O4S2/c1-13-26-19(9-14-11-25-18-8-3-2-7-17(14)18)21(32)29(13)22-27-28-23(36-22)35-20(31)12-24-15-5-4-6-16(10-15)30(33)34/h2-11,24,32H,12H2,1H3/b14-9+. The Balaban J connectivity index is 1.28. The van der Waals surface area contributed by atoms with Crippen molar-refractivity contribution in [3.05, 3.63) is 75.7 Å². The number of nitrogens with one attached hydrogen (secondary N) is 1. The number of anilines is 1. The van der Waals surface area contributed by atoms with Crippen molar-refractivity contribution in [1.29, 1.82) is 0 Å². The molecule has 3 heterocycles. The number of nitro groups is 1. The second-order valence-corrected chi connectivity index (χ2v) is 9.82. The smallest absolute Gasteiger partial charge is 0.271 e. The lowest BCUT2D eigenvalue weighted by molar-refractivity contribution is -0.384.